The SMILES string of the molecule is NC(c1nc(Cc2cccc(C(F)(F)F)c2)no1)C1CC1. The van der Waals surface area contributed by atoms with E-state index in [9.17, 15) is 13.2 Å². The second-order valence-electron chi connectivity index (χ2n) is 5.29. The summed E-state index contributed by atoms with van der Waals surface area (Å²) in [5, 5.41) is 3.79. The fraction of sp³-hybridized carbons (Fsp3) is 0.429. The quantitative estimate of drug-likeness (QED) is 0.941. The number of halogens is 3. The molecule has 4 nitrogen and oxygen atoms in total. The van der Waals surface area contributed by atoms with Gasteiger partial charge in [-0.25, -0.2) is 0 Å². The van der Waals surface area contributed by atoms with E-state index in [1.807, 2.05) is 0 Å². The van der Waals surface area contributed by atoms with Crippen molar-refractivity contribution in [3.63, 3.8) is 0 Å². The fourth-order valence-electron chi connectivity index (χ4n) is 2.17. The molecule has 1 heterocycles. The van der Waals surface area contributed by atoms with Crippen molar-refractivity contribution in [1.29, 1.82) is 0 Å². The molecule has 7 heteroatoms. The predicted octanol–water partition coefficient (Wildman–Crippen LogP) is 3.09. The summed E-state index contributed by atoms with van der Waals surface area (Å²) in [6, 6.07) is 4.83. The second-order valence-corrected chi connectivity index (χ2v) is 5.29. The van der Waals surface area contributed by atoms with Crippen LogP contribution in [-0.2, 0) is 12.6 Å². The van der Waals surface area contributed by atoms with Gasteiger partial charge >= 0.3 is 6.18 Å². The fourth-order valence-corrected chi connectivity index (χ4v) is 2.17. The summed E-state index contributed by atoms with van der Waals surface area (Å²) in [7, 11) is 0. The van der Waals surface area contributed by atoms with Crippen LogP contribution in [0.25, 0.3) is 0 Å². The molecule has 0 spiro atoms. The van der Waals surface area contributed by atoms with E-state index in [1.165, 1.54) is 6.07 Å². The molecule has 0 bridgehead atoms. The van der Waals surface area contributed by atoms with Crippen LogP contribution in [0.5, 0.6) is 0 Å². The molecule has 1 unspecified atom stereocenters. The first-order chi connectivity index (χ1) is 9.93. The van der Waals surface area contributed by atoms with Gasteiger partial charge in [0.05, 0.1) is 11.6 Å². The Bertz CT molecular complexity index is 634. The Morgan fingerprint density at radius 1 is 1.33 bits per heavy atom. The molecule has 3 rings (SSSR count). The first-order valence-corrected chi connectivity index (χ1v) is 6.67. The van der Waals surface area contributed by atoms with Crippen molar-refractivity contribution in [2.75, 3.05) is 0 Å². The van der Waals surface area contributed by atoms with Crippen LogP contribution in [0.4, 0.5) is 13.2 Å². The molecule has 112 valence electrons. The maximum atomic E-state index is 12.6. The molecule has 0 aliphatic heterocycles. The third-order valence-corrected chi connectivity index (χ3v) is 3.52. The lowest BCUT2D eigenvalue weighted by molar-refractivity contribution is -0.137. The summed E-state index contributed by atoms with van der Waals surface area (Å²) >= 11 is 0. The highest BCUT2D eigenvalue weighted by atomic mass is 19.4. The van der Waals surface area contributed by atoms with Crippen LogP contribution in [0, 0.1) is 5.92 Å². The zero-order valence-electron chi connectivity index (χ0n) is 11.1. The number of nitrogens with two attached hydrogens (primary N) is 1. The van der Waals surface area contributed by atoms with E-state index in [-0.39, 0.29) is 12.5 Å². The lowest BCUT2D eigenvalue weighted by atomic mass is 10.1. The van der Waals surface area contributed by atoms with Gasteiger partial charge in [0.25, 0.3) is 0 Å². The number of rotatable bonds is 4. The first-order valence-electron chi connectivity index (χ1n) is 6.67. The molecule has 1 aromatic carbocycles. The number of hydrogen-bond acceptors (Lipinski definition) is 4. The molecule has 1 aliphatic rings. The summed E-state index contributed by atoms with van der Waals surface area (Å²) in [6.45, 7) is 0. The van der Waals surface area contributed by atoms with Crippen LogP contribution in [0.2, 0.25) is 0 Å². The van der Waals surface area contributed by atoms with Crippen LogP contribution in [-0.4, -0.2) is 10.1 Å². The minimum absolute atomic E-state index is 0.185. The van der Waals surface area contributed by atoms with Gasteiger partial charge in [-0.3, -0.25) is 0 Å². The van der Waals surface area contributed by atoms with Crippen molar-refractivity contribution in [3.8, 4) is 0 Å². The molecule has 1 atom stereocenters. The van der Waals surface area contributed by atoms with E-state index < -0.39 is 11.7 Å². The largest absolute Gasteiger partial charge is 0.416 e. The molecule has 0 saturated heterocycles. The molecule has 21 heavy (non-hydrogen) atoms. The smallest absolute Gasteiger partial charge is 0.338 e. The number of aromatic nitrogens is 2. The molecule has 0 amide bonds. The molecule has 1 fully saturated rings. The van der Waals surface area contributed by atoms with Crippen molar-refractivity contribution in [1.82, 2.24) is 10.1 Å². The van der Waals surface area contributed by atoms with E-state index in [4.69, 9.17) is 10.3 Å². The predicted molar refractivity (Wildman–Crippen MR) is 68.2 cm³/mol. The molecule has 2 N–H and O–H groups in total. The van der Waals surface area contributed by atoms with E-state index in [2.05, 4.69) is 10.1 Å². The van der Waals surface area contributed by atoms with Crippen molar-refractivity contribution >= 4 is 0 Å². The number of nitrogens with zero attached hydrogens (tertiary/aromatic N) is 2. The summed E-state index contributed by atoms with van der Waals surface area (Å²) < 4.78 is 43.0. The van der Waals surface area contributed by atoms with Gasteiger partial charge in [-0.15, -0.1) is 0 Å². The highest BCUT2D eigenvalue weighted by molar-refractivity contribution is 5.27. The molecule has 1 aromatic heterocycles. The van der Waals surface area contributed by atoms with Crippen LogP contribution in [0.3, 0.4) is 0 Å². The third kappa shape index (κ3) is 3.24. The van der Waals surface area contributed by atoms with Crippen LogP contribution in [0.1, 0.15) is 41.7 Å². The summed E-state index contributed by atoms with van der Waals surface area (Å²) in [5.41, 5.74) is 5.74. The maximum Gasteiger partial charge on any atom is 0.416 e. The van der Waals surface area contributed by atoms with Crippen molar-refractivity contribution < 1.29 is 17.7 Å². The summed E-state index contributed by atoms with van der Waals surface area (Å²) in [6.07, 6.45) is -2.07. The molecule has 2 aromatic rings. The van der Waals surface area contributed by atoms with Gasteiger partial charge in [-0.2, -0.15) is 18.2 Å². The van der Waals surface area contributed by atoms with Gasteiger partial charge in [0, 0.05) is 6.42 Å². The van der Waals surface area contributed by atoms with E-state index in [0.717, 1.165) is 25.0 Å². The van der Waals surface area contributed by atoms with E-state index in [0.29, 0.717) is 23.2 Å². The van der Waals surface area contributed by atoms with Gasteiger partial charge in [0.15, 0.2) is 5.82 Å². The van der Waals surface area contributed by atoms with Gasteiger partial charge in [0.1, 0.15) is 0 Å². The normalized spacial score (nSPS) is 17.0. The highest BCUT2D eigenvalue weighted by Crippen LogP contribution is 2.38. The lowest BCUT2D eigenvalue weighted by Gasteiger charge is -2.07. The van der Waals surface area contributed by atoms with Crippen molar-refractivity contribution in [2.24, 2.45) is 11.7 Å². The molecule has 0 radical (unpaired) electrons. The van der Waals surface area contributed by atoms with Crippen molar-refractivity contribution in [3.05, 3.63) is 47.1 Å². The number of benzene rings is 1. The Morgan fingerprint density at radius 2 is 2.10 bits per heavy atom. The summed E-state index contributed by atoms with van der Waals surface area (Å²) in [5.74, 6) is 1.09. The van der Waals surface area contributed by atoms with Crippen LogP contribution in [0.15, 0.2) is 28.8 Å². The Hall–Kier alpha value is -1.89. The Morgan fingerprint density at radius 3 is 2.76 bits per heavy atom. The lowest BCUT2D eigenvalue weighted by Crippen LogP contribution is -2.12. The Kier molecular flexibility index (Phi) is 3.44. The van der Waals surface area contributed by atoms with Gasteiger partial charge in [-0.1, -0.05) is 23.4 Å². The monoisotopic (exact) mass is 297 g/mol. The van der Waals surface area contributed by atoms with E-state index in [1.54, 1.807) is 6.07 Å². The molecule has 1 saturated carbocycles. The average molecular weight is 297 g/mol. The Labute approximate surface area is 119 Å². The second kappa shape index (κ2) is 5.14. The Balaban J connectivity index is 1.74. The van der Waals surface area contributed by atoms with Gasteiger partial charge in [-0.05, 0) is 30.4 Å². The molecular formula is C14H14F3N3O. The zero-order chi connectivity index (χ0) is 15.0. The zero-order valence-corrected chi connectivity index (χ0v) is 11.1. The van der Waals surface area contributed by atoms with Gasteiger partial charge in [0.2, 0.25) is 5.89 Å². The van der Waals surface area contributed by atoms with E-state index >= 15 is 0 Å². The molecule has 1 aliphatic carbocycles. The minimum Gasteiger partial charge on any atom is -0.338 e. The van der Waals surface area contributed by atoms with Crippen molar-refractivity contribution in [2.45, 2.75) is 31.5 Å². The minimum atomic E-state index is -4.35. The topological polar surface area (TPSA) is 64.9 Å². The third-order valence-electron chi connectivity index (χ3n) is 3.52. The standard InChI is InChI=1S/C14H14F3N3O/c15-14(16,17)10-3-1-2-8(6-10)7-11-19-13(21-20-11)12(18)9-4-5-9/h1-3,6,9,12H,4-5,7,18H2. The van der Waals surface area contributed by atoms with Gasteiger partial charge < -0.3 is 10.3 Å². The number of hydrogen-bond donors (Lipinski definition) is 1. The first kappa shape index (κ1) is 14.1. The highest BCUT2D eigenvalue weighted by Gasteiger charge is 2.33. The van der Waals surface area contributed by atoms with Crippen LogP contribution >= 0.6 is 0 Å². The van der Waals surface area contributed by atoms with Crippen LogP contribution < -0.4 is 5.73 Å². The summed E-state index contributed by atoms with van der Waals surface area (Å²) in [4.78, 5) is 4.17. The number of alkyl halides is 3. The maximum absolute atomic E-state index is 12.6. The molecular weight excluding hydrogens is 283 g/mol. The average Bonchev–Trinajstić information content (AvgIpc) is 3.18.